The van der Waals surface area contributed by atoms with Crippen molar-refractivity contribution >= 4 is 63.8 Å². The van der Waals surface area contributed by atoms with Gasteiger partial charge in [0.2, 0.25) is 0 Å². The molecule has 2 aromatic rings. The fourth-order valence-electron chi connectivity index (χ4n) is 2.48. The highest BCUT2D eigenvalue weighted by molar-refractivity contribution is 8.26. The van der Waals surface area contributed by atoms with Crippen molar-refractivity contribution in [3.05, 3.63) is 69.6 Å². The summed E-state index contributed by atoms with van der Waals surface area (Å²) in [5.41, 5.74) is 3.36. The van der Waals surface area contributed by atoms with Crippen LogP contribution in [0.15, 0.2) is 53.4 Å². The van der Waals surface area contributed by atoms with Crippen molar-refractivity contribution in [3.8, 4) is 5.75 Å². The highest BCUT2D eigenvalue weighted by atomic mass is 35.5. The van der Waals surface area contributed by atoms with E-state index in [4.69, 9.17) is 33.7 Å². The predicted octanol–water partition coefficient (Wildman–Crippen LogP) is 3.74. The summed E-state index contributed by atoms with van der Waals surface area (Å²) in [4.78, 5) is 36.1. The third-order valence-electron chi connectivity index (χ3n) is 3.87. The van der Waals surface area contributed by atoms with Gasteiger partial charge in [-0.25, -0.2) is 0 Å². The van der Waals surface area contributed by atoms with Gasteiger partial charge < -0.3 is 9.84 Å². The molecule has 0 atom stereocenters. The van der Waals surface area contributed by atoms with Crippen molar-refractivity contribution in [1.29, 1.82) is 0 Å². The van der Waals surface area contributed by atoms with Crippen molar-refractivity contribution in [3.63, 3.8) is 0 Å². The Labute approximate surface area is 186 Å². The summed E-state index contributed by atoms with van der Waals surface area (Å²) < 4.78 is 5.68. The number of hydrogen-bond acceptors (Lipinski definition) is 6. The zero-order valence-corrected chi connectivity index (χ0v) is 17.7. The number of para-hydroxylation sites is 1. The highest BCUT2D eigenvalue weighted by Gasteiger charge is 2.34. The summed E-state index contributed by atoms with van der Waals surface area (Å²) in [6.07, 6.45) is 1.44. The topological polar surface area (TPSA) is 95.9 Å². The second kappa shape index (κ2) is 9.75. The van der Waals surface area contributed by atoms with Crippen LogP contribution >= 0.6 is 35.6 Å². The van der Waals surface area contributed by atoms with E-state index in [1.807, 2.05) is 0 Å². The van der Waals surface area contributed by atoms with Crippen LogP contribution in [-0.4, -0.2) is 38.8 Å². The first-order valence-electron chi connectivity index (χ1n) is 8.63. The van der Waals surface area contributed by atoms with Crippen molar-refractivity contribution in [1.82, 2.24) is 10.4 Å². The lowest BCUT2D eigenvalue weighted by molar-refractivity contribution is -0.137. The van der Waals surface area contributed by atoms with E-state index in [2.05, 4.69) is 5.43 Å². The first-order valence-corrected chi connectivity index (χ1v) is 10.2. The number of rotatable bonds is 7. The van der Waals surface area contributed by atoms with Gasteiger partial charge in [-0.15, -0.1) is 0 Å². The number of thiocarbonyl (C=S) groups is 1. The van der Waals surface area contributed by atoms with Crippen molar-refractivity contribution in [2.24, 2.45) is 0 Å². The van der Waals surface area contributed by atoms with E-state index in [0.29, 0.717) is 21.2 Å². The Morgan fingerprint density at radius 2 is 2.00 bits per heavy atom. The summed E-state index contributed by atoms with van der Waals surface area (Å²) in [6, 6.07) is 13.2. The van der Waals surface area contributed by atoms with Gasteiger partial charge in [0.05, 0.1) is 17.9 Å². The lowest BCUT2D eigenvalue weighted by Crippen LogP contribution is -2.44. The second-order valence-corrected chi connectivity index (χ2v) is 8.11. The minimum Gasteiger partial charge on any atom is -0.492 e. The molecule has 2 aromatic carbocycles. The smallest absolute Gasteiger partial charge is 0.306 e. The van der Waals surface area contributed by atoms with E-state index in [9.17, 15) is 14.4 Å². The van der Waals surface area contributed by atoms with Crippen LogP contribution in [-0.2, 0) is 9.59 Å². The molecular formula is C20H15ClN2O5S2. The number of nitrogens with zero attached hydrogens (tertiary/aromatic N) is 1. The molecule has 0 unspecified atom stereocenters. The van der Waals surface area contributed by atoms with E-state index >= 15 is 0 Å². The number of hydrazine groups is 1. The lowest BCUT2D eigenvalue weighted by Gasteiger charge is -2.15. The van der Waals surface area contributed by atoms with Gasteiger partial charge in [-0.05, 0) is 42.6 Å². The zero-order chi connectivity index (χ0) is 21.7. The molecule has 7 nitrogen and oxygen atoms in total. The molecule has 0 spiro atoms. The Morgan fingerprint density at radius 3 is 2.73 bits per heavy atom. The van der Waals surface area contributed by atoms with Crippen molar-refractivity contribution < 1.29 is 24.2 Å². The Hall–Kier alpha value is -2.88. The molecule has 1 fully saturated rings. The monoisotopic (exact) mass is 462 g/mol. The second-order valence-electron chi connectivity index (χ2n) is 6.00. The van der Waals surface area contributed by atoms with Crippen LogP contribution in [0.2, 0.25) is 5.02 Å². The summed E-state index contributed by atoms with van der Waals surface area (Å²) in [7, 11) is 0. The highest BCUT2D eigenvalue weighted by Crippen LogP contribution is 2.33. The standard InChI is InChI=1S/C20H15ClN2O5S2/c21-14-6-3-5-13(10-14)18(26)22-23-19(27)16(30-20(23)29)11-12-4-1-2-7-15(12)28-9-8-17(24)25/h1-7,10-11H,8-9H2,(H,22,26)(H,24,25)/b16-11+. The molecule has 10 heteroatoms. The van der Waals surface area contributed by atoms with Gasteiger partial charge >= 0.3 is 5.97 Å². The molecule has 0 saturated carbocycles. The fourth-order valence-corrected chi connectivity index (χ4v) is 3.84. The van der Waals surface area contributed by atoms with Crippen molar-refractivity contribution in [2.75, 3.05) is 6.61 Å². The molecule has 0 aromatic heterocycles. The molecule has 1 aliphatic heterocycles. The number of ether oxygens (including phenoxy) is 1. The minimum atomic E-state index is -0.969. The Balaban J connectivity index is 1.75. The molecule has 30 heavy (non-hydrogen) atoms. The van der Waals surface area contributed by atoms with E-state index in [1.165, 1.54) is 6.07 Å². The maximum atomic E-state index is 12.8. The molecule has 1 heterocycles. The molecule has 0 radical (unpaired) electrons. The number of carboxylic acids is 1. The Morgan fingerprint density at radius 1 is 1.23 bits per heavy atom. The number of halogens is 1. The maximum Gasteiger partial charge on any atom is 0.306 e. The van der Waals surface area contributed by atoms with Crippen LogP contribution in [0.3, 0.4) is 0 Å². The number of thioether (sulfide) groups is 1. The predicted molar refractivity (Wildman–Crippen MR) is 118 cm³/mol. The number of nitrogens with one attached hydrogen (secondary N) is 1. The third-order valence-corrected chi connectivity index (χ3v) is 5.41. The molecule has 3 rings (SSSR count). The number of amides is 2. The number of carbonyl (C=O) groups is 3. The van der Waals surface area contributed by atoms with Crippen LogP contribution in [0.4, 0.5) is 0 Å². The molecule has 1 aliphatic rings. The number of carboxylic acid groups (broad SMARTS) is 1. The van der Waals surface area contributed by atoms with Gasteiger partial charge in [0.15, 0.2) is 4.32 Å². The van der Waals surface area contributed by atoms with Gasteiger partial charge in [-0.1, -0.05) is 47.6 Å². The summed E-state index contributed by atoms with van der Waals surface area (Å²) in [5.74, 6) is -1.54. The number of hydrogen-bond donors (Lipinski definition) is 2. The summed E-state index contributed by atoms with van der Waals surface area (Å²) in [6.45, 7) is -0.00314. The van der Waals surface area contributed by atoms with E-state index in [1.54, 1.807) is 48.5 Å². The first-order chi connectivity index (χ1) is 14.3. The first kappa shape index (κ1) is 21.8. The van der Waals surface area contributed by atoms with Gasteiger partial charge in [-0.3, -0.25) is 19.8 Å². The number of aliphatic carboxylic acids is 1. The van der Waals surface area contributed by atoms with Gasteiger partial charge in [0, 0.05) is 16.1 Å². The van der Waals surface area contributed by atoms with Crippen LogP contribution in [0, 0.1) is 0 Å². The summed E-state index contributed by atoms with van der Waals surface area (Å²) in [5, 5.41) is 10.2. The molecular weight excluding hydrogens is 448 g/mol. The summed E-state index contributed by atoms with van der Waals surface area (Å²) >= 11 is 12.2. The van der Waals surface area contributed by atoms with Gasteiger partial charge in [0.25, 0.3) is 11.8 Å². The molecule has 2 N–H and O–H groups in total. The number of benzene rings is 2. The zero-order valence-electron chi connectivity index (χ0n) is 15.3. The normalized spacial score (nSPS) is 14.8. The molecule has 154 valence electrons. The fraction of sp³-hybridized carbons (Fsp3) is 0.100. The van der Waals surface area contributed by atoms with Crippen LogP contribution < -0.4 is 10.2 Å². The molecule has 0 bridgehead atoms. The van der Waals surface area contributed by atoms with Crippen LogP contribution in [0.5, 0.6) is 5.75 Å². The van der Waals surface area contributed by atoms with Crippen LogP contribution in [0.25, 0.3) is 6.08 Å². The molecule has 0 aliphatic carbocycles. The quantitative estimate of drug-likeness (QED) is 0.478. The molecule has 2 amide bonds. The third kappa shape index (κ3) is 5.38. The lowest BCUT2D eigenvalue weighted by atomic mass is 10.2. The Bertz CT molecular complexity index is 1060. The van der Waals surface area contributed by atoms with Crippen molar-refractivity contribution in [2.45, 2.75) is 6.42 Å². The number of carbonyl (C=O) groups excluding carboxylic acids is 2. The largest absolute Gasteiger partial charge is 0.492 e. The van der Waals surface area contributed by atoms with E-state index in [-0.39, 0.29) is 22.9 Å². The van der Waals surface area contributed by atoms with E-state index < -0.39 is 17.8 Å². The van der Waals surface area contributed by atoms with Gasteiger partial charge in [0.1, 0.15) is 5.75 Å². The van der Waals surface area contributed by atoms with E-state index in [0.717, 1.165) is 16.8 Å². The molecule has 1 saturated heterocycles. The minimum absolute atomic E-state index is 0.00314. The maximum absolute atomic E-state index is 12.8. The average Bonchev–Trinajstić information content (AvgIpc) is 2.96. The SMILES string of the molecule is O=C(O)CCOc1ccccc1/C=C1/SC(=S)N(NC(=O)c2cccc(Cl)c2)C1=O. The average molecular weight is 463 g/mol. The Kier molecular flexibility index (Phi) is 7.09. The van der Waals surface area contributed by atoms with Crippen LogP contribution in [0.1, 0.15) is 22.3 Å². The van der Waals surface area contributed by atoms with Gasteiger partial charge in [-0.2, -0.15) is 5.01 Å².